The van der Waals surface area contributed by atoms with E-state index in [9.17, 15) is 9.59 Å². The highest BCUT2D eigenvalue weighted by Gasteiger charge is 2.24. The van der Waals surface area contributed by atoms with E-state index in [1.54, 1.807) is 11.0 Å². The summed E-state index contributed by atoms with van der Waals surface area (Å²) in [5.74, 6) is 1.31. The quantitative estimate of drug-likeness (QED) is 0.680. The fourth-order valence-corrected chi connectivity index (χ4v) is 3.85. The first-order valence-electron chi connectivity index (χ1n) is 9.05. The minimum atomic E-state index is -0.165. The number of carbonyl (C=O) groups is 2. The Bertz CT molecular complexity index is 987. The van der Waals surface area contributed by atoms with Crippen LogP contribution in [0.5, 0.6) is 11.5 Å². The predicted octanol–water partition coefficient (Wildman–Crippen LogP) is 4.24. The Labute approximate surface area is 166 Å². The number of benzene rings is 2. The van der Waals surface area contributed by atoms with Crippen LogP contribution in [0.1, 0.15) is 18.5 Å². The molecule has 0 radical (unpaired) electrons. The van der Waals surface area contributed by atoms with E-state index < -0.39 is 0 Å². The molecule has 0 atom stereocenters. The lowest BCUT2D eigenvalue weighted by Gasteiger charge is -2.10. The fourth-order valence-electron chi connectivity index (χ4n) is 2.98. The van der Waals surface area contributed by atoms with Crippen LogP contribution in [0.2, 0.25) is 0 Å². The largest absolute Gasteiger partial charge is 0.457 e. The molecule has 1 aromatic heterocycles. The number of para-hydroxylation sites is 1. The van der Waals surface area contributed by atoms with Crippen LogP contribution in [0.3, 0.4) is 0 Å². The maximum atomic E-state index is 12.4. The van der Waals surface area contributed by atoms with Gasteiger partial charge in [0.25, 0.3) is 0 Å². The molecule has 1 saturated heterocycles. The van der Waals surface area contributed by atoms with Crippen molar-refractivity contribution in [3.8, 4) is 11.5 Å². The molecule has 0 bridgehead atoms. The monoisotopic (exact) mass is 393 g/mol. The van der Waals surface area contributed by atoms with Gasteiger partial charge < -0.3 is 10.1 Å². The van der Waals surface area contributed by atoms with Crippen LogP contribution in [0.25, 0.3) is 0 Å². The second kappa shape index (κ2) is 8.22. The molecule has 0 saturated carbocycles. The Hall–Kier alpha value is -3.19. The number of amides is 2. The zero-order chi connectivity index (χ0) is 19.3. The Kier molecular flexibility index (Phi) is 5.34. The molecule has 0 spiro atoms. The maximum Gasteiger partial charge on any atom is 0.230 e. The summed E-state index contributed by atoms with van der Waals surface area (Å²) < 4.78 is 5.79. The van der Waals surface area contributed by atoms with Crippen molar-refractivity contribution in [3.63, 3.8) is 0 Å². The van der Waals surface area contributed by atoms with Gasteiger partial charge in [-0.3, -0.25) is 14.5 Å². The van der Waals surface area contributed by atoms with Crippen molar-refractivity contribution in [1.29, 1.82) is 0 Å². The second-order valence-corrected chi connectivity index (χ2v) is 7.27. The Morgan fingerprint density at radius 1 is 1.14 bits per heavy atom. The zero-order valence-electron chi connectivity index (χ0n) is 15.1. The summed E-state index contributed by atoms with van der Waals surface area (Å²) in [7, 11) is 0. The molecule has 0 unspecified atom stereocenters. The summed E-state index contributed by atoms with van der Waals surface area (Å²) in [6.45, 7) is 0.701. The summed E-state index contributed by atoms with van der Waals surface area (Å²) >= 11 is 1.40. The van der Waals surface area contributed by atoms with E-state index in [2.05, 4.69) is 10.3 Å². The van der Waals surface area contributed by atoms with E-state index in [1.807, 2.05) is 53.9 Å². The van der Waals surface area contributed by atoms with Gasteiger partial charge in [0.1, 0.15) is 11.5 Å². The number of hydrogen-bond donors (Lipinski definition) is 1. The first-order chi connectivity index (χ1) is 13.7. The molecule has 2 aromatic carbocycles. The lowest BCUT2D eigenvalue weighted by molar-refractivity contribution is -0.117. The Morgan fingerprint density at radius 3 is 2.75 bits per heavy atom. The van der Waals surface area contributed by atoms with Crippen molar-refractivity contribution >= 4 is 34.0 Å². The lowest BCUT2D eigenvalue weighted by atomic mass is 10.2. The van der Waals surface area contributed by atoms with Gasteiger partial charge in [-0.05, 0) is 30.7 Å². The van der Waals surface area contributed by atoms with Gasteiger partial charge in [0, 0.05) is 30.1 Å². The molecule has 1 fully saturated rings. The van der Waals surface area contributed by atoms with Gasteiger partial charge in [0.05, 0.1) is 12.1 Å². The highest BCUT2D eigenvalue weighted by atomic mass is 32.1. The molecule has 7 heteroatoms. The molecule has 3 aromatic rings. The SMILES string of the molecule is O=C(Cc1csc(N2CCCC2=O)n1)Nc1cccc(Oc2ccccc2)c1. The summed E-state index contributed by atoms with van der Waals surface area (Å²) in [5.41, 5.74) is 1.32. The van der Waals surface area contributed by atoms with E-state index in [1.165, 1.54) is 11.3 Å². The number of ether oxygens (including phenoxy) is 1. The molecule has 142 valence electrons. The Morgan fingerprint density at radius 2 is 1.96 bits per heavy atom. The van der Waals surface area contributed by atoms with Crippen LogP contribution in [-0.2, 0) is 16.0 Å². The van der Waals surface area contributed by atoms with Crippen molar-refractivity contribution in [2.24, 2.45) is 0 Å². The third-order valence-corrected chi connectivity index (χ3v) is 5.19. The van der Waals surface area contributed by atoms with Crippen molar-refractivity contribution in [3.05, 3.63) is 65.7 Å². The highest BCUT2D eigenvalue weighted by Crippen LogP contribution is 2.26. The van der Waals surface area contributed by atoms with E-state index >= 15 is 0 Å². The summed E-state index contributed by atoms with van der Waals surface area (Å²) in [6, 6.07) is 16.7. The molecule has 2 heterocycles. The summed E-state index contributed by atoms with van der Waals surface area (Å²) in [6.07, 6.45) is 1.58. The number of carbonyl (C=O) groups excluding carboxylic acids is 2. The van der Waals surface area contributed by atoms with Gasteiger partial charge in [-0.25, -0.2) is 4.98 Å². The van der Waals surface area contributed by atoms with Gasteiger partial charge in [-0.15, -0.1) is 11.3 Å². The minimum Gasteiger partial charge on any atom is -0.457 e. The van der Waals surface area contributed by atoms with Crippen molar-refractivity contribution in [1.82, 2.24) is 4.98 Å². The predicted molar refractivity (Wildman–Crippen MR) is 109 cm³/mol. The number of hydrogen-bond acceptors (Lipinski definition) is 5. The number of thiazole rings is 1. The molecular weight excluding hydrogens is 374 g/mol. The summed E-state index contributed by atoms with van der Waals surface area (Å²) in [4.78, 5) is 30.3. The van der Waals surface area contributed by atoms with Crippen molar-refractivity contribution in [2.75, 3.05) is 16.8 Å². The topological polar surface area (TPSA) is 71.5 Å². The van der Waals surface area contributed by atoms with E-state index in [0.29, 0.717) is 35.2 Å². The van der Waals surface area contributed by atoms with Gasteiger partial charge in [-0.1, -0.05) is 24.3 Å². The number of rotatable bonds is 6. The van der Waals surface area contributed by atoms with E-state index in [4.69, 9.17) is 4.74 Å². The highest BCUT2D eigenvalue weighted by molar-refractivity contribution is 7.14. The molecule has 1 aliphatic rings. The third-order valence-electron chi connectivity index (χ3n) is 4.28. The maximum absolute atomic E-state index is 12.4. The Balaban J connectivity index is 1.37. The van der Waals surface area contributed by atoms with Crippen LogP contribution in [0.15, 0.2) is 60.0 Å². The standard InChI is InChI=1S/C21H19N3O3S/c25-19(13-16-14-28-21(23-16)24-11-5-10-20(24)26)22-15-6-4-9-18(12-15)27-17-7-2-1-3-8-17/h1-4,6-9,12,14H,5,10-11,13H2,(H,22,25). The molecule has 4 rings (SSSR count). The van der Waals surface area contributed by atoms with Crippen LogP contribution in [0.4, 0.5) is 10.8 Å². The normalized spacial score (nSPS) is 13.6. The third kappa shape index (κ3) is 4.37. The molecule has 0 aliphatic carbocycles. The first kappa shape index (κ1) is 18.2. The molecule has 6 nitrogen and oxygen atoms in total. The first-order valence-corrected chi connectivity index (χ1v) is 9.93. The van der Waals surface area contributed by atoms with Crippen LogP contribution >= 0.6 is 11.3 Å². The molecule has 2 amide bonds. The number of anilines is 2. The van der Waals surface area contributed by atoms with Crippen LogP contribution < -0.4 is 15.0 Å². The van der Waals surface area contributed by atoms with Gasteiger partial charge in [0.15, 0.2) is 5.13 Å². The van der Waals surface area contributed by atoms with Crippen molar-refractivity contribution < 1.29 is 14.3 Å². The average Bonchev–Trinajstić information content (AvgIpc) is 3.31. The van der Waals surface area contributed by atoms with Crippen LogP contribution in [-0.4, -0.2) is 23.3 Å². The number of nitrogens with zero attached hydrogens (tertiary/aromatic N) is 2. The van der Waals surface area contributed by atoms with Crippen LogP contribution in [0, 0.1) is 0 Å². The average molecular weight is 393 g/mol. The molecular formula is C21H19N3O3S. The number of nitrogens with one attached hydrogen (secondary N) is 1. The van der Waals surface area contributed by atoms with E-state index in [0.717, 1.165) is 12.2 Å². The number of aromatic nitrogens is 1. The second-order valence-electron chi connectivity index (χ2n) is 6.44. The smallest absolute Gasteiger partial charge is 0.230 e. The molecule has 1 aliphatic heterocycles. The minimum absolute atomic E-state index is 0.0978. The van der Waals surface area contributed by atoms with Gasteiger partial charge in [0.2, 0.25) is 11.8 Å². The van der Waals surface area contributed by atoms with Crippen molar-refractivity contribution in [2.45, 2.75) is 19.3 Å². The van der Waals surface area contributed by atoms with Gasteiger partial charge >= 0.3 is 0 Å². The fraction of sp³-hybridized carbons (Fsp3) is 0.190. The molecule has 28 heavy (non-hydrogen) atoms. The van der Waals surface area contributed by atoms with Gasteiger partial charge in [-0.2, -0.15) is 0 Å². The molecule has 1 N–H and O–H groups in total. The zero-order valence-corrected chi connectivity index (χ0v) is 15.9. The lowest BCUT2D eigenvalue weighted by Crippen LogP contribution is -2.23. The summed E-state index contributed by atoms with van der Waals surface area (Å²) in [5, 5.41) is 5.37. The van der Waals surface area contributed by atoms with E-state index in [-0.39, 0.29) is 18.2 Å².